The molecule has 2 aliphatic rings. The van der Waals surface area contributed by atoms with Crippen LogP contribution in [-0.4, -0.2) is 41.5 Å². The monoisotopic (exact) mass is 196 g/mol. The van der Waals surface area contributed by atoms with E-state index >= 15 is 0 Å². The summed E-state index contributed by atoms with van der Waals surface area (Å²) in [5.74, 6) is 0.794. The predicted molar refractivity (Wildman–Crippen MR) is 52.8 cm³/mol. The van der Waals surface area contributed by atoms with Gasteiger partial charge in [-0.05, 0) is 13.5 Å². The fourth-order valence-corrected chi connectivity index (χ4v) is 2.43. The van der Waals surface area contributed by atoms with Gasteiger partial charge < -0.3 is 15.3 Å². The summed E-state index contributed by atoms with van der Waals surface area (Å²) in [6, 6.07) is 0.906. The van der Waals surface area contributed by atoms with Crippen LogP contribution in [0.1, 0.15) is 6.92 Å². The maximum Gasteiger partial charge on any atom is 0.178 e. The number of carbonyl (C=O) groups excluding carboxylic acids is 1. The van der Waals surface area contributed by atoms with Gasteiger partial charge >= 0.3 is 0 Å². The molecule has 2 fully saturated rings. The molecule has 1 aliphatic heterocycles. The second-order valence-electron chi connectivity index (χ2n) is 4.32. The molecule has 1 aliphatic carbocycles. The third-order valence-electron chi connectivity index (χ3n) is 3.37. The van der Waals surface area contributed by atoms with E-state index in [4.69, 9.17) is 5.11 Å². The van der Waals surface area contributed by atoms with E-state index in [1.165, 1.54) is 0 Å². The summed E-state index contributed by atoms with van der Waals surface area (Å²) in [5.41, 5.74) is 0. The highest BCUT2D eigenvalue weighted by Gasteiger charge is 2.63. The minimum Gasteiger partial charge on any atom is -0.495 e. The van der Waals surface area contributed by atoms with Crippen molar-refractivity contribution in [2.24, 2.45) is 11.8 Å². The number of carbonyl (C=O) groups is 1. The Balaban J connectivity index is 1.93. The molecule has 0 aromatic carbocycles. The van der Waals surface area contributed by atoms with Crippen LogP contribution in [0, 0.1) is 11.8 Å². The summed E-state index contributed by atoms with van der Waals surface area (Å²) in [6.45, 7) is 5.79. The molecule has 0 aromatic heterocycles. The van der Waals surface area contributed by atoms with Crippen LogP contribution in [0.3, 0.4) is 0 Å². The second-order valence-corrected chi connectivity index (χ2v) is 4.32. The van der Waals surface area contributed by atoms with Crippen molar-refractivity contribution in [1.29, 1.82) is 0 Å². The minimum atomic E-state index is 0.0661. The standard InChI is InChI=1S/C10H16N2O2/c1-5(13)8-7(9-10(8)11-9)4-12(3)6(2)14/h7-11,14H,2,4H2,1,3H3. The molecule has 1 saturated carbocycles. The zero-order chi connectivity index (χ0) is 10.5. The van der Waals surface area contributed by atoms with Gasteiger partial charge in [-0.15, -0.1) is 0 Å². The van der Waals surface area contributed by atoms with Crippen LogP contribution in [0.4, 0.5) is 0 Å². The molecule has 0 aromatic rings. The van der Waals surface area contributed by atoms with E-state index in [2.05, 4.69) is 11.9 Å². The smallest absolute Gasteiger partial charge is 0.178 e. The maximum atomic E-state index is 11.3. The predicted octanol–water partition coefficient (Wildman–Crippen LogP) is 0.123. The highest BCUT2D eigenvalue weighted by Crippen LogP contribution is 2.46. The Morgan fingerprint density at radius 3 is 2.71 bits per heavy atom. The average molecular weight is 196 g/mol. The lowest BCUT2D eigenvalue weighted by atomic mass is 9.71. The van der Waals surface area contributed by atoms with E-state index in [9.17, 15) is 4.79 Å². The number of fused-ring (bicyclic) bond motifs is 1. The first-order chi connectivity index (χ1) is 6.52. The minimum absolute atomic E-state index is 0.0661. The van der Waals surface area contributed by atoms with E-state index in [0.29, 0.717) is 24.5 Å². The third-order valence-corrected chi connectivity index (χ3v) is 3.37. The molecule has 4 heteroatoms. The molecule has 1 saturated heterocycles. The van der Waals surface area contributed by atoms with Gasteiger partial charge in [0.1, 0.15) is 5.78 Å². The van der Waals surface area contributed by atoms with Gasteiger partial charge in [-0.3, -0.25) is 4.79 Å². The van der Waals surface area contributed by atoms with Gasteiger partial charge in [0.25, 0.3) is 0 Å². The number of hydrogen-bond acceptors (Lipinski definition) is 4. The summed E-state index contributed by atoms with van der Waals surface area (Å²) >= 11 is 0. The van der Waals surface area contributed by atoms with Crippen molar-refractivity contribution >= 4 is 5.78 Å². The van der Waals surface area contributed by atoms with Gasteiger partial charge in [0.05, 0.1) is 0 Å². The quantitative estimate of drug-likeness (QED) is 0.495. The van der Waals surface area contributed by atoms with Gasteiger partial charge in [-0.2, -0.15) is 0 Å². The Morgan fingerprint density at radius 2 is 2.21 bits per heavy atom. The van der Waals surface area contributed by atoms with Crippen molar-refractivity contribution in [2.45, 2.75) is 19.0 Å². The highest BCUT2D eigenvalue weighted by molar-refractivity contribution is 5.82. The van der Waals surface area contributed by atoms with Gasteiger partial charge in [0.2, 0.25) is 0 Å². The fraction of sp³-hybridized carbons (Fsp3) is 0.700. The molecule has 0 radical (unpaired) electrons. The number of aliphatic hydroxyl groups is 1. The summed E-state index contributed by atoms with van der Waals surface area (Å²) in [5, 5.41) is 12.4. The van der Waals surface area contributed by atoms with Crippen LogP contribution in [-0.2, 0) is 4.79 Å². The van der Waals surface area contributed by atoms with Crippen molar-refractivity contribution in [3.63, 3.8) is 0 Å². The van der Waals surface area contributed by atoms with Gasteiger partial charge in [0.15, 0.2) is 5.88 Å². The molecule has 2 rings (SSSR count). The first-order valence-corrected chi connectivity index (χ1v) is 4.88. The fourth-order valence-electron chi connectivity index (χ4n) is 2.43. The number of rotatable bonds is 4. The number of ketones is 1. The molecule has 4 unspecified atom stereocenters. The van der Waals surface area contributed by atoms with Crippen LogP contribution in [0.15, 0.2) is 12.5 Å². The molecular formula is C10H16N2O2. The van der Waals surface area contributed by atoms with E-state index in [0.717, 1.165) is 0 Å². The Hall–Kier alpha value is -1.03. The number of nitrogens with one attached hydrogen (secondary N) is 1. The Kier molecular flexibility index (Phi) is 2.03. The van der Waals surface area contributed by atoms with E-state index in [1.54, 1.807) is 18.9 Å². The lowest BCUT2D eigenvalue weighted by Crippen LogP contribution is -2.46. The molecule has 1 heterocycles. The average Bonchev–Trinajstić information content (AvgIpc) is 2.73. The van der Waals surface area contributed by atoms with Crippen LogP contribution < -0.4 is 5.32 Å². The molecule has 78 valence electrons. The maximum absolute atomic E-state index is 11.3. The number of nitrogens with zero attached hydrogens (tertiary/aromatic N) is 1. The molecule has 2 N–H and O–H groups in total. The lowest BCUT2D eigenvalue weighted by Gasteiger charge is -2.35. The van der Waals surface area contributed by atoms with Crippen LogP contribution in [0.25, 0.3) is 0 Å². The second kappa shape index (κ2) is 2.98. The molecule has 4 nitrogen and oxygen atoms in total. The van der Waals surface area contributed by atoms with Crippen molar-refractivity contribution in [1.82, 2.24) is 10.2 Å². The molecular weight excluding hydrogens is 180 g/mol. The van der Waals surface area contributed by atoms with Crippen LogP contribution >= 0.6 is 0 Å². The van der Waals surface area contributed by atoms with Gasteiger partial charge in [0, 0.05) is 37.5 Å². The van der Waals surface area contributed by atoms with E-state index in [-0.39, 0.29) is 17.6 Å². The zero-order valence-electron chi connectivity index (χ0n) is 8.53. The molecule has 0 bridgehead atoms. The lowest BCUT2D eigenvalue weighted by molar-refractivity contribution is -0.124. The van der Waals surface area contributed by atoms with Crippen molar-refractivity contribution in [3.8, 4) is 0 Å². The Labute approximate surface area is 83.6 Å². The molecule has 4 atom stereocenters. The van der Waals surface area contributed by atoms with E-state index in [1.807, 2.05) is 0 Å². The van der Waals surface area contributed by atoms with Gasteiger partial charge in [-0.1, -0.05) is 0 Å². The first-order valence-electron chi connectivity index (χ1n) is 4.88. The number of hydrogen-bond donors (Lipinski definition) is 2. The van der Waals surface area contributed by atoms with Crippen molar-refractivity contribution < 1.29 is 9.90 Å². The molecule has 0 amide bonds. The zero-order valence-corrected chi connectivity index (χ0v) is 8.53. The Bertz CT molecular complexity index is 290. The molecule has 0 spiro atoms. The number of aliphatic hydroxyl groups excluding tert-OH is 1. The summed E-state index contributed by atoms with van der Waals surface area (Å²) in [6.07, 6.45) is 0. The SMILES string of the molecule is C=C(O)N(C)CC1C2NC2C1C(C)=O. The summed E-state index contributed by atoms with van der Waals surface area (Å²) in [7, 11) is 1.79. The molecule has 14 heavy (non-hydrogen) atoms. The topological polar surface area (TPSA) is 62.5 Å². The van der Waals surface area contributed by atoms with E-state index < -0.39 is 0 Å². The van der Waals surface area contributed by atoms with Crippen LogP contribution in [0.2, 0.25) is 0 Å². The van der Waals surface area contributed by atoms with Crippen molar-refractivity contribution in [2.75, 3.05) is 13.6 Å². The highest BCUT2D eigenvalue weighted by atomic mass is 16.3. The summed E-state index contributed by atoms with van der Waals surface area (Å²) in [4.78, 5) is 13.0. The Morgan fingerprint density at radius 1 is 1.57 bits per heavy atom. The number of Topliss-reactive ketones (excluding diaryl/α,β-unsaturated/α-hetero) is 1. The first kappa shape index (κ1) is 9.52. The van der Waals surface area contributed by atoms with Crippen LogP contribution in [0.5, 0.6) is 0 Å². The summed E-state index contributed by atoms with van der Waals surface area (Å²) < 4.78 is 0. The third kappa shape index (κ3) is 1.30. The van der Waals surface area contributed by atoms with Gasteiger partial charge in [-0.25, -0.2) is 0 Å². The normalized spacial score (nSPS) is 38.1. The van der Waals surface area contributed by atoms with Crippen molar-refractivity contribution in [3.05, 3.63) is 12.5 Å². The largest absolute Gasteiger partial charge is 0.495 e.